The van der Waals surface area contributed by atoms with E-state index < -0.39 is 52.7 Å². The number of fused-ring (bicyclic) bond motifs is 1. The lowest BCUT2D eigenvalue weighted by atomic mass is 9.77. The van der Waals surface area contributed by atoms with Crippen molar-refractivity contribution in [3.63, 3.8) is 0 Å². The SMILES string of the molecule is CC(C)(C)[C@H](NC(=O)NC1(CC(=O)C2CC2)CCCCC1)C(=O)N1C[C@H]2[C@@H](C1C(=O)NC(CC1CC1)C(=O)C(N)=O)C2(C)C. The molecule has 2 unspecified atom stereocenters. The molecule has 44 heavy (non-hydrogen) atoms. The maximum atomic E-state index is 14.3. The quantitative estimate of drug-likeness (QED) is 0.247. The molecule has 4 aliphatic carbocycles. The number of likely N-dealkylation sites (tertiary alicyclic amines) is 1. The van der Waals surface area contributed by atoms with Gasteiger partial charge >= 0.3 is 6.03 Å². The van der Waals surface area contributed by atoms with Crippen LogP contribution in [0, 0.1) is 34.5 Å². The minimum absolute atomic E-state index is 0.101. The number of hydrogen-bond acceptors (Lipinski definition) is 6. The molecule has 0 aromatic rings. The van der Waals surface area contributed by atoms with E-state index in [1.807, 2.05) is 20.8 Å². The minimum atomic E-state index is -1.09. The molecule has 0 aromatic carbocycles. The van der Waals surface area contributed by atoms with E-state index in [1.54, 1.807) is 4.90 Å². The molecule has 5 rings (SSSR count). The van der Waals surface area contributed by atoms with Crippen molar-refractivity contribution in [1.29, 1.82) is 0 Å². The number of carbonyl (C=O) groups excluding carboxylic acids is 6. The Kier molecular flexibility index (Phi) is 8.65. The third-order valence-electron chi connectivity index (χ3n) is 11.0. The Morgan fingerprint density at radius 1 is 0.932 bits per heavy atom. The summed E-state index contributed by atoms with van der Waals surface area (Å²) in [5.74, 6) is -2.16. The number of rotatable bonds is 12. The van der Waals surface area contributed by atoms with Crippen molar-refractivity contribution in [2.24, 2.45) is 40.2 Å². The number of Topliss-reactive ketones (excluding diaryl/α,β-unsaturated/α-hetero) is 2. The summed E-state index contributed by atoms with van der Waals surface area (Å²) < 4.78 is 0. The van der Waals surface area contributed by atoms with Gasteiger partial charge in [0, 0.05) is 24.4 Å². The summed E-state index contributed by atoms with van der Waals surface area (Å²) in [6.45, 7) is 10.1. The van der Waals surface area contributed by atoms with E-state index in [1.165, 1.54) is 0 Å². The van der Waals surface area contributed by atoms with Gasteiger partial charge in [0.15, 0.2) is 0 Å². The monoisotopic (exact) mass is 613 g/mol. The first-order valence-corrected chi connectivity index (χ1v) is 16.6. The number of urea groups is 1. The fraction of sp³-hybridized carbons (Fsp3) is 0.818. The Morgan fingerprint density at radius 3 is 2.11 bits per heavy atom. The molecule has 1 saturated heterocycles. The highest BCUT2D eigenvalue weighted by Crippen LogP contribution is 2.65. The van der Waals surface area contributed by atoms with Crippen LogP contribution >= 0.6 is 0 Å². The fourth-order valence-corrected chi connectivity index (χ4v) is 7.84. The first kappa shape index (κ1) is 32.4. The van der Waals surface area contributed by atoms with Crippen LogP contribution in [0.5, 0.6) is 0 Å². The second-order valence-electron chi connectivity index (χ2n) is 16.0. The third kappa shape index (κ3) is 6.81. The number of amides is 5. The van der Waals surface area contributed by atoms with E-state index in [4.69, 9.17) is 5.73 Å². The molecule has 11 heteroatoms. The highest BCUT2D eigenvalue weighted by molar-refractivity contribution is 6.37. The van der Waals surface area contributed by atoms with Crippen LogP contribution in [0.3, 0.4) is 0 Å². The zero-order valence-corrected chi connectivity index (χ0v) is 27.0. The van der Waals surface area contributed by atoms with Crippen molar-refractivity contribution in [2.75, 3.05) is 6.54 Å². The summed E-state index contributed by atoms with van der Waals surface area (Å²) in [6.07, 6.45) is 8.76. The van der Waals surface area contributed by atoms with Gasteiger partial charge in [-0.15, -0.1) is 0 Å². The largest absolute Gasteiger partial charge is 0.363 e. The molecular formula is C33H51N5O6. The molecule has 1 aliphatic heterocycles. The summed E-state index contributed by atoms with van der Waals surface area (Å²) in [5, 5.41) is 8.86. The summed E-state index contributed by atoms with van der Waals surface area (Å²) in [4.78, 5) is 80.4. The van der Waals surface area contributed by atoms with Gasteiger partial charge in [-0.2, -0.15) is 0 Å². The Balaban J connectivity index is 1.32. The van der Waals surface area contributed by atoms with Crippen LogP contribution in [-0.4, -0.2) is 70.4 Å². The van der Waals surface area contributed by atoms with Gasteiger partial charge in [0.2, 0.25) is 17.6 Å². The number of nitrogens with one attached hydrogen (secondary N) is 3. The topological polar surface area (TPSA) is 168 Å². The lowest BCUT2D eigenvalue weighted by Gasteiger charge is -2.40. The number of nitrogens with zero attached hydrogens (tertiary/aromatic N) is 1. The van der Waals surface area contributed by atoms with Crippen LogP contribution in [0.15, 0.2) is 0 Å². The molecular weight excluding hydrogens is 562 g/mol. The molecule has 4 saturated carbocycles. The normalized spacial score (nSPS) is 28.2. The average Bonchev–Trinajstić information content (AvgIpc) is 3.87. The number of piperidine rings is 1. The van der Waals surface area contributed by atoms with E-state index in [0.29, 0.717) is 19.4 Å². The summed E-state index contributed by atoms with van der Waals surface area (Å²) >= 11 is 0. The predicted octanol–water partition coefficient (Wildman–Crippen LogP) is 2.59. The third-order valence-corrected chi connectivity index (χ3v) is 11.0. The Labute approximate surface area is 260 Å². The zero-order chi connectivity index (χ0) is 32.2. The van der Waals surface area contributed by atoms with Crippen LogP contribution in [0.4, 0.5) is 4.79 Å². The van der Waals surface area contributed by atoms with Crippen molar-refractivity contribution < 1.29 is 28.8 Å². The van der Waals surface area contributed by atoms with Gasteiger partial charge in [-0.3, -0.25) is 24.0 Å². The Morgan fingerprint density at radius 2 is 1.57 bits per heavy atom. The van der Waals surface area contributed by atoms with Gasteiger partial charge in [-0.25, -0.2) is 4.79 Å². The van der Waals surface area contributed by atoms with Gasteiger partial charge in [0.25, 0.3) is 5.91 Å². The number of nitrogens with two attached hydrogens (primary N) is 1. The molecule has 0 aromatic heterocycles. The second kappa shape index (κ2) is 11.7. The highest BCUT2D eigenvalue weighted by atomic mass is 16.2. The van der Waals surface area contributed by atoms with Crippen molar-refractivity contribution in [3.8, 4) is 0 Å². The molecule has 5 atom stereocenters. The van der Waals surface area contributed by atoms with Gasteiger partial charge in [0.1, 0.15) is 17.9 Å². The van der Waals surface area contributed by atoms with Crippen LogP contribution in [0.2, 0.25) is 0 Å². The lowest BCUT2D eigenvalue weighted by molar-refractivity contribution is -0.145. The predicted molar refractivity (Wildman–Crippen MR) is 163 cm³/mol. The Bertz CT molecular complexity index is 1210. The second-order valence-corrected chi connectivity index (χ2v) is 16.0. The van der Waals surface area contributed by atoms with Gasteiger partial charge in [0.05, 0.1) is 6.04 Å². The average molecular weight is 614 g/mol. The van der Waals surface area contributed by atoms with Gasteiger partial charge in [-0.1, -0.05) is 66.7 Å². The molecule has 5 N–H and O–H groups in total. The van der Waals surface area contributed by atoms with E-state index in [9.17, 15) is 28.8 Å². The molecule has 5 aliphatic rings. The summed E-state index contributed by atoms with van der Waals surface area (Å²) in [6, 6.07) is -3.27. The molecule has 0 bridgehead atoms. The van der Waals surface area contributed by atoms with Crippen LogP contribution in [-0.2, 0) is 24.0 Å². The van der Waals surface area contributed by atoms with Crippen molar-refractivity contribution in [1.82, 2.24) is 20.9 Å². The summed E-state index contributed by atoms with van der Waals surface area (Å²) in [5.41, 5.74) is 3.84. The van der Waals surface area contributed by atoms with Gasteiger partial charge in [-0.05, 0) is 60.7 Å². The zero-order valence-electron chi connectivity index (χ0n) is 27.0. The number of carbonyl (C=O) groups is 6. The van der Waals surface area contributed by atoms with Crippen molar-refractivity contribution in [2.45, 2.75) is 129 Å². The van der Waals surface area contributed by atoms with Crippen molar-refractivity contribution in [3.05, 3.63) is 0 Å². The van der Waals surface area contributed by atoms with Gasteiger partial charge < -0.3 is 26.6 Å². The molecule has 5 amide bonds. The fourth-order valence-electron chi connectivity index (χ4n) is 7.84. The van der Waals surface area contributed by atoms with E-state index in [0.717, 1.165) is 57.8 Å². The maximum Gasteiger partial charge on any atom is 0.315 e. The lowest BCUT2D eigenvalue weighted by Crippen LogP contribution is -2.63. The smallest absolute Gasteiger partial charge is 0.315 e. The van der Waals surface area contributed by atoms with Crippen LogP contribution < -0.4 is 21.7 Å². The highest BCUT2D eigenvalue weighted by Gasteiger charge is 2.70. The van der Waals surface area contributed by atoms with E-state index >= 15 is 0 Å². The number of ketones is 2. The van der Waals surface area contributed by atoms with Crippen molar-refractivity contribution >= 4 is 35.3 Å². The number of primary amides is 1. The molecule has 11 nitrogen and oxygen atoms in total. The summed E-state index contributed by atoms with van der Waals surface area (Å²) in [7, 11) is 0. The first-order chi connectivity index (χ1) is 20.5. The molecule has 0 spiro atoms. The minimum Gasteiger partial charge on any atom is -0.363 e. The number of hydrogen-bond donors (Lipinski definition) is 4. The molecule has 5 fully saturated rings. The van der Waals surface area contributed by atoms with E-state index in [-0.39, 0.29) is 40.8 Å². The van der Waals surface area contributed by atoms with E-state index in [2.05, 4.69) is 29.8 Å². The maximum absolute atomic E-state index is 14.3. The molecule has 244 valence electrons. The molecule has 0 radical (unpaired) electrons. The first-order valence-electron chi connectivity index (χ1n) is 16.6. The molecule has 1 heterocycles. The Hall–Kier alpha value is -2.98. The van der Waals surface area contributed by atoms with Crippen LogP contribution in [0.25, 0.3) is 0 Å². The standard InChI is InChI=1S/C33H51N5O6/c1-31(2,3)26(36-30(44)37-33(13-7-6-8-14-33)16-22(39)19-11-12-19)29(43)38-17-20-23(32(20,4)5)24(38)28(42)35-21(15-18-9-10-18)25(40)27(34)41/h18-21,23-24,26H,6-17H2,1-5H3,(H2,34,41)(H,35,42)(H2,36,37,44)/t20-,21?,23-,24?,26+/m0/s1. The van der Waals surface area contributed by atoms with Crippen LogP contribution in [0.1, 0.15) is 105 Å².